The van der Waals surface area contributed by atoms with Gasteiger partial charge in [0.15, 0.2) is 0 Å². The molecule has 43 heavy (non-hydrogen) atoms. The Balaban J connectivity index is 1.08. The summed E-state index contributed by atoms with van der Waals surface area (Å²) in [4.78, 5) is 0. The molecule has 0 unspecified atom stereocenters. The van der Waals surface area contributed by atoms with Crippen molar-refractivity contribution in [1.29, 1.82) is 0 Å². The predicted molar refractivity (Wildman–Crippen MR) is 168 cm³/mol. The van der Waals surface area contributed by atoms with Gasteiger partial charge in [0.2, 0.25) is 0 Å². The van der Waals surface area contributed by atoms with Crippen molar-refractivity contribution in [2.75, 3.05) is 66.1 Å². The minimum Gasteiger partial charge on any atom is -0.491 e. The first kappa shape index (κ1) is 32.0. The topological polar surface area (TPSA) is 64.6 Å². The van der Waals surface area contributed by atoms with E-state index in [9.17, 15) is 0 Å². The number of rotatable bonds is 22. The first-order valence-electron chi connectivity index (χ1n) is 14.9. The smallest absolute Gasteiger partial charge is 0.130 e. The highest BCUT2D eigenvalue weighted by atomic mass is 16.5. The molecule has 0 radical (unpaired) electrons. The van der Waals surface area contributed by atoms with Gasteiger partial charge in [-0.3, -0.25) is 0 Å². The summed E-state index contributed by atoms with van der Waals surface area (Å²) in [5, 5.41) is 0. The molecule has 0 bridgehead atoms. The maximum atomic E-state index is 6.37. The number of benzene rings is 4. The standard InChI is InChI=1S/C36H42O7/c1-3-13-33(14-4-1)41-29-27-39-25-23-37-21-19-31-11-7-9-17-35(31)43-36-18-10-8-12-32(36)20-22-38-24-26-40-28-30-42-34-15-5-2-6-16-34/h1-18H,19-30H2. The fourth-order valence-electron chi connectivity index (χ4n) is 4.22. The second kappa shape index (κ2) is 20.1. The van der Waals surface area contributed by atoms with Crippen LogP contribution in [-0.2, 0) is 31.8 Å². The van der Waals surface area contributed by atoms with Gasteiger partial charge in [-0.25, -0.2) is 0 Å². The zero-order valence-electron chi connectivity index (χ0n) is 24.7. The molecular formula is C36H42O7. The zero-order valence-corrected chi connectivity index (χ0v) is 24.7. The van der Waals surface area contributed by atoms with E-state index >= 15 is 0 Å². The molecule has 0 atom stereocenters. The number of hydrogen-bond acceptors (Lipinski definition) is 7. The van der Waals surface area contributed by atoms with Crippen LogP contribution in [0.3, 0.4) is 0 Å². The van der Waals surface area contributed by atoms with E-state index in [1.54, 1.807) is 0 Å². The molecule has 4 aromatic rings. The lowest BCUT2D eigenvalue weighted by atomic mass is 10.1. The first-order chi connectivity index (χ1) is 21.4. The summed E-state index contributed by atoms with van der Waals surface area (Å²) in [6.07, 6.45) is 1.49. The van der Waals surface area contributed by atoms with Gasteiger partial charge >= 0.3 is 0 Å². The van der Waals surface area contributed by atoms with Crippen LogP contribution in [-0.4, -0.2) is 66.1 Å². The Morgan fingerprint density at radius 3 is 1.12 bits per heavy atom. The van der Waals surface area contributed by atoms with Gasteiger partial charge in [-0.2, -0.15) is 0 Å². The van der Waals surface area contributed by atoms with Crippen molar-refractivity contribution in [2.45, 2.75) is 12.8 Å². The molecule has 0 amide bonds. The molecule has 0 aromatic heterocycles. The lowest BCUT2D eigenvalue weighted by molar-refractivity contribution is 0.0371. The quantitative estimate of drug-likeness (QED) is 0.0940. The van der Waals surface area contributed by atoms with E-state index in [4.69, 9.17) is 33.2 Å². The van der Waals surface area contributed by atoms with E-state index < -0.39 is 0 Å². The van der Waals surface area contributed by atoms with Crippen LogP contribution < -0.4 is 14.2 Å². The SMILES string of the molecule is c1ccc(OCCOCCOCCc2ccccc2Oc2ccccc2CCOCCOCCOc2ccccc2)cc1. The largest absolute Gasteiger partial charge is 0.491 e. The summed E-state index contributed by atoms with van der Waals surface area (Å²) in [7, 11) is 0. The molecule has 228 valence electrons. The van der Waals surface area contributed by atoms with Gasteiger partial charge in [0.05, 0.1) is 52.9 Å². The van der Waals surface area contributed by atoms with Crippen molar-refractivity contribution in [3.63, 3.8) is 0 Å². The molecule has 0 aliphatic heterocycles. The Morgan fingerprint density at radius 1 is 0.326 bits per heavy atom. The monoisotopic (exact) mass is 586 g/mol. The van der Waals surface area contributed by atoms with Crippen LogP contribution >= 0.6 is 0 Å². The van der Waals surface area contributed by atoms with Crippen molar-refractivity contribution < 1.29 is 33.2 Å². The van der Waals surface area contributed by atoms with Gasteiger partial charge in [-0.1, -0.05) is 72.8 Å². The molecule has 7 nitrogen and oxygen atoms in total. The molecule has 0 N–H and O–H groups in total. The van der Waals surface area contributed by atoms with Crippen molar-refractivity contribution in [2.24, 2.45) is 0 Å². The summed E-state index contributed by atoms with van der Waals surface area (Å²) in [5.41, 5.74) is 2.19. The van der Waals surface area contributed by atoms with Crippen LogP contribution in [0.4, 0.5) is 0 Å². The van der Waals surface area contributed by atoms with Gasteiger partial charge in [0.1, 0.15) is 36.2 Å². The van der Waals surface area contributed by atoms with E-state index in [1.165, 1.54) is 0 Å². The zero-order chi connectivity index (χ0) is 29.6. The molecule has 4 rings (SSSR count). The van der Waals surface area contributed by atoms with Crippen molar-refractivity contribution in [1.82, 2.24) is 0 Å². The molecule has 0 spiro atoms. The minimum atomic E-state index is 0.516. The molecule has 4 aromatic carbocycles. The Kier molecular flexibility index (Phi) is 15.0. The van der Waals surface area contributed by atoms with Crippen LogP contribution in [0.1, 0.15) is 11.1 Å². The molecule has 0 saturated carbocycles. The molecule has 0 saturated heterocycles. The van der Waals surface area contributed by atoms with Crippen LogP contribution in [0, 0.1) is 0 Å². The summed E-state index contributed by atoms with van der Waals surface area (Å²) in [6.45, 7) is 5.37. The summed E-state index contributed by atoms with van der Waals surface area (Å²) < 4.78 is 40.5. The predicted octanol–water partition coefficient (Wildman–Crippen LogP) is 6.79. The number of ether oxygens (including phenoxy) is 7. The van der Waals surface area contributed by atoms with E-state index in [-0.39, 0.29) is 0 Å². The van der Waals surface area contributed by atoms with E-state index in [1.807, 2.05) is 97.1 Å². The van der Waals surface area contributed by atoms with Gasteiger partial charge in [0, 0.05) is 0 Å². The lowest BCUT2D eigenvalue weighted by Crippen LogP contribution is -2.12. The molecule has 0 heterocycles. The maximum absolute atomic E-state index is 6.37. The van der Waals surface area contributed by atoms with E-state index in [2.05, 4.69) is 12.1 Å². The summed E-state index contributed by atoms with van der Waals surface area (Å²) in [5.74, 6) is 3.36. The lowest BCUT2D eigenvalue weighted by Gasteiger charge is -2.15. The highest BCUT2D eigenvalue weighted by Crippen LogP contribution is 2.29. The first-order valence-corrected chi connectivity index (χ1v) is 14.9. The third kappa shape index (κ3) is 12.9. The van der Waals surface area contributed by atoms with Crippen molar-refractivity contribution in [3.8, 4) is 23.0 Å². The average molecular weight is 587 g/mol. The Bertz CT molecular complexity index is 1170. The Labute approximate surface area is 255 Å². The number of para-hydroxylation sites is 4. The van der Waals surface area contributed by atoms with Gasteiger partial charge in [-0.15, -0.1) is 0 Å². The maximum Gasteiger partial charge on any atom is 0.130 e. The summed E-state index contributed by atoms with van der Waals surface area (Å²) in [6, 6.07) is 35.6. The second-order valence-corrected chi connectivity index (χ2v) is 9.59. The van der Waals surface area contributed by atoms with E-state index in [0.717, 1.165) is 47.0 Å². The minimum absolute atomic E-state index is 0.516. The van der Waals surface area contributed by atoms with Gasteiger partial charge in [0.25, 0.3) is 0 Å². The molecule has 0 aliphatic rings. The average Bonchev–Trinajstić information content (AvgIpc) is 3.05. The molecule has 0 aliphatic carbocycles. The third-order valence-corrected chi connectivity index (χ3v) is 6.42. The highest BCUT2D eigenvalue weighted by Gasteiger charge is 2.09. The normalized spacial score (nSPS) is 10.9. The van der Waals surface area contributed by atoms with Crippen molar-refractivity contribution in [3.05, 3.63) is 120 Å². The van der Waals surface area contributed by atoms with Crippen LogP contribution in [0.2, 0.25) is 0 Å². The molecule has 7 heteroatoms. The Morgan fingerprint density at radius 2 is 0.674 bits per heavy atom. The third-order valence-electron chi connectivity index (χ3n) is 6.42. The van der Waals surface area contributed by atoms with Crippen LogP contribution in [0.5, 0.6) is 23.0 Å². The van der Waals surface area contributed by atoms with Gasteiger partial charge < -0.3 is 33.2 Å². The molecule has 0 fully saturated rings. The van der Waals surface area contributed by atoms with Crippen molar-refractivity contribution >= 4 is 0 Å². The molecular weight excluding hydrogens is 544 g/mol. The van der Waals surface area contributed by atoms with Gasteiger partial charge in [-0.05, 0) is 60.4 Å². The van der Waals surface area contributed by atoms with E-state index in [0.29, 0.717) is 66.1 Å². The van der Waals surface area contributed by atoms with Crippen LogP contribution in [0.25, 0.3) is 0 Å². The highest BCUT2D eigenvalue weighted by molar-refractivity contribution is 5.41. The Hall–Kier alpha value is -3.88. The second-order valence-electron chi connectivity index (χ2n) is 9.59. The summed E-state index contributed by atoms with van der Waals surface area (Å²) >= 11 is 0. The fourth-order valence-corrected chi connectivity index (χ4v) is 4.22. The number of hydrogen-bond donors (Lipinski definition) is 0. The fraction of sp³-hybridized carbons (Fsp3) is 0.333. The van der Waals surface area contributed by atoms with Crippen LogP contribution in [0.15, 0.2) is 109 Å².